The highest BCUT2D eigenvalue weighted by Crippen LogP contribution is 2.28. The predicted molar refractivity (Wildman–Crippen MR) is 124 cm³/mol. The Morgan fingerprint density at radius 3 is 2.59 bits per heavy atom. The normalized spacial score (nSPS) is 21.4. The van der Waals surface area contributed by atoms with E-state index >= 15 is 0 Å². The SMILES string of the molecule is O=C1COCCCN1CCN1CCN(c2ccc3c(=O)n(C4CCCC4)cnc3c2)CC1. The quantitative estimate of drug-likeness (QED) is 0.709. The van der Waals surface area contributed by atoms with Crippen LogP contribution in [0.5, 0.6) is 0 Å². The lowest BCUT2D eigenvalue weighted by Crippen LogP contribution is -2.49. The number of rotatable bonds is 5. The lowest BCUT2D eigenvalue weighted by atomic mass is 10.1. The molecule has 8 heteroatoms. The first-order valence-electron chi connectivity index (χ1n) is 12.0. The van der Waals surface area contributed by atoms with Crippen LogP contribution >= 0.6 is 0 Å². The van der Waals surface area contributed by atoms with Crippen LogP contribution in [-0.4, -0.2) is 84.3 Å². The van der Waals surface area contributed by atoms with E-state index < -0.39 is 0 Å². The Kier molecular flexibility index (Phi) is 6.41. The molecule has 32 heavy (non-hydrogen) atoms. The number of ether oxygens (including phenoxy) is 1. The zero-order chi connectivity index (χ0) is 21.9. The van der Waals surface area contributed by atoms with Crippen molar-refractivity contribution in [1.82, 2.24) is 19.4 Å². The first-order valence-corrected chi connectivity index (χ1v) is 12.0. The molecular weight excluding hydrogens is 406 g/mol. The van der Waals surface area contributed by atoms with E-state index in [0.29, 0.717) is 18.0 Å². The molecule has 3 aliphatic rings. The van der Waals surface area contributed by atoms with Crippen molar-refractivity contribution in [2.45, 2.75) is 38.1 Å². The summed E-state index contributed by atoms with van der Waals surface area (Å²) in [5, 5.41) is 0.716. The maximum Gasteiger partial charge on any atom is 0.261 e. The van der Waals surface area contributed by atoms with Crippen LogP contribution in [0.1, 0.15) is 38.1 Å². The van der Waals surface area contributed by atoms with Crippen LogP contribution in [0.25, 0.3) is 10.9 Å². The van der Waals surface area contributed by atoms with Crippen molar-refractivity contribution in [2.75, 3.05) is 63.9 Å². The summed E-state index contributed by atoms with van der Waals surface area (Å²) >= 11 is 0. The average molecular weight is 440 g/mol. The van der Waals surface area contributed by atoms with Gasteiger partial charge in [-0.3, -0.25) is 19.1 Å². The maximum atomic E-state index is 13.0. The van der Waals surface area contributed by atoms with E-state index in [1.165, 1.54) is 12.8 Å². The Labute approximate surface area is 188 Å². The monoisotopic (exact) mass is 439 g/mol. The lowest BCUT2D eigenvalue weighted by Gasteiger charge is -2.37. The Bertz CT molecular complexity index is 1010. The number of nitrogens with zero attached hydrogens (tertiary/aromatic N) is 5. The Hall–Kier alpha value is -2.45. The zero-order valence-corrected chi connectivity index (χ0v) is 18.7. The van der Waals surface area contributed by atoms with E-state index in [4.69, 9.17) is 4.74 Å². The van der Waals surface area contributed by atoms with Crippen molar-refractivity contribution in [3.05, 3.63) is 34.9 Å². The van der Waals surface area contributed by atoms with Gasteiger partial charge in [0.2, 0.25) is 5.91 Å². The molecule has 1 aromatic heterocycles. The minimum absolute atomic E-state index is 0.0896. The molecule has 5 rings (SSSR count). The molecule has 2 aliphatic heterocycles. The van der Waals surface area contributed by atoms with E-state index in [2.05, 4.69) is 26.9 Å². The molecule has 1 aliphatic carbocycles. The van der Waals surface area contributed by atoms with Crippen LogP contribution in [-0.2, 0) is 9.53 Å². The number of carbonyl (C=O) groups is 1. The van der Waals surface area contributed by atoms with Crippen molar-refractivity contribution < 1.29 is 9.53 Å². The number of amides is 1. The summed E-state index contributed by atoms with van der Waals surface area (Å²) in [4.78, 5) is 36.4. The van der Waals surface area contributed by atoms with E-state index in [1.54, 1.807) is 6.33 Å². The Balaban J connectivity index is 1.19. The van der Waals surface area contributed by atoms with Crippen LogP contribution in [0.2, 0.25) is 0 Å². The number of hydrogen-bond donors (Lipinski definition) is 0. The van der Waals surface area contributed by atoms with Crippen molar-refractivity contribution in [3.63, 3.8) is 0 Å². The number of fused-ring (bicyclic) bond motifs is 1. The fourth-order valence-corrected chi connectivity index (χ4v) is 5.22. The summed E-state index contributed by atoms with van der Waals surface area (Å²) in [6, 6.07) is 6.38. The highest BCUT2D eigenvalue weighted by molar-refractivity contribution is 5.81. The summed E-state index contributed by atoms with van der Waals surface area (Å²) in [6.45, 7) is 7.16. The van der Waals surface area contributed by atoms with Crippen LogP contribution < -0.4 is 10.5 Å². The minimum Gasteiger partial charge on any atom is -0.372 e. The standard InChI is InChI=1S/C24H33N5O3/c30-23-17-32-15-3-8-28(23)14-11-26-9-12-27(13-10-26)20-6-7-21-22(16-20)25-18-29(24(21)31)19-4-1-2-5-19/h6-7,16,18-19H,1-5,8-15,17H2. The molecule has 0 bridgehead atoms. The molecule has 3 fully saturated rings. The minimum atomic E-state index is 0.0896. The number of piperazine rings is 1. The van der Waals surface area contributed by atoms with Crippen molar-refractivity contribution in [1.29, 1.82) is 0 Å². The van der Waals surface area contributed by atoms with E-state index in [9.17, 15) is 9.59 Å². The third-order valence-electron chi connectivity index (χ3n) is 7.20. The summed E-state index contributed by atoms with van der Waals surface area (Å²) < 4.78 is 7.17. The second kappa shape index (κ2) is 9.58. The molecular formula is C24H33N5O3. The average Bonchev–Trinajstić information content (AvgIpc) is 3.27. The smallest absolute Gasteiger partial charge is 0.261 e. The zero-order valence-electron chi connectivity index (χ0n) is 18.7. The topological polar surface area (TPSA) is 70.9 Å². The van der Waals surface area contributed by atoms with Gasteiger partial charge in [-0.2, -0.15) is 0 Å². The van der Waals surface area contributed by atoms with Gasteiger partial charge in [-0.15, -0.1) is 0 Å². The fraction of sp³-hybridized carbons (Fsp3) is 0.625. The number of benzene rings is 1. The van der Waals surface area contributed by atoms with Gasteiger partial charge in [-0.1, -0.05) is 12.8 Å². The molecule has 0 N–H and O–H groups in total. The molecule has 1 aromatic carbocycles. The van der Waals surface area contributed by atoms with E-state index in [0.717, 1.165) is 76.3 Å². The fourth-order valence-electron chi connectivity index (χ4n) is 5.22. The van der Waals surface area contributed by atoms with Gasteiger partial charge in [0.1, 0.15) is 6.61 Å². The molecule has 0 unspecified atom stereocenters. The highest BCUT2D eigenvalue weighted by Gasteiger charge is 2.22. The van der Waals surface area contributed by atoms with Crippen LogP contribution in [0.15, 0.2) is 29.3 Å². The second-order valence-electron chi connectivity index (χ2n) is 9.21. The van der Waals surface area contributed by atoms with Crippen LogP contribution in [0, 0.1) is 0 Å². The van der Waals surface area contributed by atoms with Gasteiger partial charge in [-0.05, 0) is 37.5 Å². The number of aromatic nitrogens is 2. The van der Waals surface area contributed by atoms with Crippen LogP contribution in [0.4, 0.5) is 5.69 Å². The van der Waals surface area contributed by atoms with Gasteiger partial charge >= 0.3 is 0 Å². The molecule has 1 amide bonds. The van der Waals surface area contributed by atoms with Gasteiger partial charge in [0.15, 0.2) is 0 Å². The van der Waals surface area contributed by atoms with Crippen molar-refractivity contribution in [2.24, 2.45) is 0 Å². The summed E-state index contributed by atoms with van der Waals surface area (Å²) in [5.74, 6) is 0.108. The Morgan fingerprint density at radius 1 is 0.969 bits per heavy atom. The molecule has 1 saturated carbocycles. The summed E-state index contributed by atoms with van der Waals surface area (Å²) in [5.41, 5.74) is 2.00. The molecule has 0 radical (unpaired) electrons. The molecule has 0 atom stereocenters. The largest absolute Gasteiger partial charge is 0.372 e. The summed E-state index contributed by atoms with van der Waals surface area (Å²) in [6.07, 6.45) is 7.22. The second-order valence-corrected chi connectivity index (χ2v) is 9.21. The Morgan fingerprint density at radius 2 is 1.78 bits per heavy atom. The maximum absolute atomic E-state index is 13.0. The van der Waals surface area contributed by atoms with Gasteiger partial charge in [0.05, 0.1) is 17.2 Å². The van der Waals surface area contributed by atoms with Gasteiger partial charge in [0, 0.05) is 64.1 Å². The van der Waals surface area contributed by atoms with Crippen molar-refractivity contribution >= 4 is 22.5 Å². The molecule has 8 nitrogen and oxygen atoms in total. The number of carbonyl (C=O) groups excluding carboxylic acids is 1. The van der Waals surface area contributed by atoms with Crippen molar-refractivity contribution in [3.8, 4) is 0 Å². The van der Waals surface area contributed by atoms with Gasteiger partial charge in [-0.25, -0.2) is 4.98 Å². The number of anilines is 1. The highest BCUT2D eigenvalue weighted by atomic mass is 16.5. The summed E-state index contributed by atoms with van der Waals surface area (Å²) in [7, 11) is 0. The van der Waals surface area contributed by atoms with Gasteiger partial charge in [0.25, 0.3) is 5.56 Å². The van der Waals surface area contributed by atoms with Crippen LogP contribution in [0.3, 0.4) is 0 Å². The predicted octanol–water partition coefficient (Wildman–Crippen LogP) is 1.88. The lowest BCUT2D eigenvalue weighted by molar-refractivity contribution is -0.134. The molecule has 2 saturated heterocycles. The first-order chi connectivity index (χ1) is 15.7. The molecule has 172 valence electrons. The first kappa shape index (κ1) is 21.4. The molecule has 0 spiro atoms. The third-order valence-corrected chi connectivity index (χ3v) is 7.20. The molecule has 2 aromatic rings. The van der Waals surface area contributed by atoms with Gasteiger partial charge < -0.3 is 14.5 Å². The van der Waals surface area contributed by atoms with E-state index in [1.807, 2.05) is 15.5 Å². The number of hydrogen-bond acceptors (Lipinski definition) is 6. The van der Waals surface area contributed by atoms with E-state index in [-0.39, 0.29) is 18.1 Å². The third kappa shape index (κ3) is 4.52. The molecule has 3 heterocycles.